The Morgan fingerprint density at radius 1 is 0.846 bits per heavy atom. The Morgan fingerprint density at radius 2 is 1.38 bits per heavy atom. The lowest BCUT2D eigenvalue weighted by molar-refractivity contribution is -0.158. The van der Waals surface area contributed by atoms with Gasteiger partial charge in [-0.05, 0) is 69.1 Å². The maximum Gasteiger partial charge on any atom is 0.228 e. The molecule has 0 radical (unpaired) electrons. The highest BCUT2D eigenvalue weighted by Gasteiger charge is 2.55. The molecule has 0 spiro atoms. The first-order chi connectivity index (χ1) is 12.6. The molecule has 1 saturated heterocycles. The summed E-state index contributed by atoms with van der Waals surface area (Å²) in [5.74, 6) is 3.19. The summed E-state index contributed by atoms with van der Waals surface area (Å²) in [6.45, 7) is 1.54. The molecule has 4 saturated carbocycles. The smallest absolute Gasteiger partial charge is 0.228 e. The number of likely N-dealkylation sites (tertiary alicyclic amines) is 1. The number of amides is 1. The standard InChI is InChI=1S/C23H29NO2/c25-21(19-4-2-1-3-5-19)20-6-8-24(9-7-20)22(26)23-13-16-10-17(14-23)12-18(11-16)15-23/h1-5,16-18,20H,6-15H2. The second-order valence-electron chi connectivity index (χ2n) is 9.49. The van der Waals surface area contributed by atoms with Crippen LogP contribution in [0.4, 0.5) is 0 Å². The van der Waals surface area contributed by atoms with Crippen LogP contribution in [-0.2, 0) is 4.79 Å². The van der Waals surface area contributed by atoms with Gasteiger partial charge in [0.15, 0.2) is 5.78 Å². The Hall–Kier alpha value is -1.64. The van der Waals surface area contributed by atoms with Crippen molar-refractivity contribution in [1.29, 1.82) is 0 Å². The van der Waals surface area contributed by atoms with Gasteiger partial charge in [0, 0.05) is 24.6 Å². The van der Waals surface area contributed by atoms with E-state index in [9.17, 15) is 9.59 Å². The van der Waals surface area contributed by atoms with Gasteiger partial charge in [-0.25, -0.2) is 0 Å². The number of rotatable bonds is 3. The Balaban J connectivity index is 1.24. The van der Waals surface area contributed by atoms with Crippen LogP contribution in [0.1, 0.15) is 61.7 Å². The molecular formula is C23H29NO2. The first-order valence-electron chi connectivity index (χ1n) is 10.5. The minimum Gasteiger partial charge on any atom is -0.342 e. The molecule has 1 amide bonds. The summed E-state index contributed by atoms with van der Waals surface area (Å²) in [6, 6.07) is 9.63. The van der Waals surface area contributed by atoms with E-state index in [1.807, 2.05) is 30.3 Å². The Kier molecular flexibility index (Phi) is 3.95. The van der Waals surface area contributed by atoms with Crippen molar-refractivity contribution >= 4 is 11.7 Å². The van der Waals surface area contributed by atoms with Crippen molar-refractivity contribution in [1.82, 2.24) is 4.90 Å². The molecule has 26 heavy (non-hydrogen) atoms. The quantitative estimate of drug-likeness (QED) is 0.760. The molecule has 6 rings (SSSR count). The average Bonchev–Trinajstić information content (AvgIpc) is 2.67. The first-order valence-corrected chi connectivity index (χ1v) is 10.5. The van der Waals surface area contributed by atoms with Crippen molar-refractivity contribution < 1.29 is 9.59 Å². The monoisotopic (exact) mass is 351 g/mol. The molecule has 3 nitrogen and oxygen atoms in total. The second-order valence-corrected chi connectivity index (χ2v) is 9.49. The Bertz CT molecular complexity index is 667. The maximum atomic E-state index is 13.4. The predicted octanol–water partition coefficient (Wildman–Crippen LogP) is 4.32. The molecular weight excluding hydrogens is 322 g/mol. The molecule has 138 valence electrons. The Labute approximate surface area is 156 Å². The molecule has 5 aliphatic rings. The molecule has 1 aliphatic heterocycles. The summed E-state index contributed by atoms with van der Waals surface area (Å²) in [5.41, 5.74) is 0.781. The average molecular weight is 351 g/mol. The second kappa shape index (κ2) is 6.21. The lowest BCUT2D eigenvalue weighted by Gasteiger charge is -2.57. The van der Waals surface area contributed by atoms with Crippen LogP contribution in [0.25, 0.3) is 0 Å². The SMILES string of the molecule is O=C(c1ccccc1)C1CCN(C(=O)C23CC4CC(CC(C4)C2)C3)CC1. The van der Waals surface area contributed by atoms with Gasteiger partial charge in [0.1, 0.15) is 0 Å². The summed E-state index contributed by atoms with van der Waals surface area (Å²) in [7, 11) is 0. The van der Waals surface area contributed by atoms with Crippen LogP contribution in [0, 0.1) is 29.1 Å². The van der Waals surface area contributed by atoms with Crippen molar-refractivity contribution in [2.24, 2.45) is 29.1 Å². The molecule has 0 N–H and O–H groups in total. The number of piperidine rings is 1. The highest BCUT2D eigenvalue weighted by molar-refractivity contribution is 5.98. The third-order valence-electron chi connectivity index (χ3n) is 7.70. The van der Waals surface area contributed by atoms with Crippen LogP contribution < -0.4 is 0 Å². The lowest BCUT2D eigenvalue weighted by atomic mass is 9.49. The van der Waals surface area contributed by atoms with Gasteiger partial charge in [-0.3, -0.25) is 9.59 Å². The van der Waals surface area contributed by atoms with Gasteiger partial charge < -0.3 is 4.90 Å². The van der Waals surface area contributed by atoms with Crippen molar-refractivity contribution in [3.05, 3.63) is 35.9 Å². The maximum absolute atomic E-state index is 13.4. The number of Topliss-reactive ketones (excluding diaryl/α,β-unsaturated/α-hetero) is 1. The summed E-state index contributed by atoms with van der Waals surface area (Å²) in [5, 5.41) is 0. The van der Waals surface area contributed by atoms with Gasteiger partial charge in [0.2, 0.25) is 5.91 Å². The van der Waals surface area contributed by atoms with Crippen LogP contribution in [0.15, 0.2) is 30.3 Å². The van der Waals surface area contributed by atoms with Gasteiger partial charge in [0.05, 0.1) is 5.41 Å². The molecule has 1 aromatic carbocycles. The number of ketones is 1. The number of hydrogen-bond donors (Lipinski definition) is 0. The number of hydrogen-bond acceptors (Lipinski definition) is 2. The minimum absolute atomic E-state index is 0.0367. The first kappa shape index (κ1) is 16.5. The number of carbonyl (C=O) groups excluding carboxylic acids is 2. The molecule has 0 unspecified atom stereocenters. The number of nitrogens with zero attached hydrogens (tertiary/aromatic N) is 1. The zero-order chi connectivity index (χ0) is 17.7. The molecule has 3 heteroatoms. The van der Waals surface area contributed by atoms with Gasteiger partial charge in [-0.1, -0.05) is 30.3 Å². The summed E-state index contributed by atoms with van der Waals surface area (Å²) in [6.07, 6.45) is 9.19. The van der Waals surface area contributed by atoms with Crippen molar-refractivity contribution in [3.8, 4) is 0 Å². The van der Waals surface area contributed by atoms with E-state index >= 15 is 0 Å². The van der Waals surface area contributed by atoms with E-state index in [1.165, 1.54) is 19.3 Å². The van der Waals surface area contributed by atoms with Crippen LogP contribution in [0.5, 0.6) is 0 Å². The number of benzene rings is 1. The summed E-state index contributed by atoms with van der Waals surface area (Å²) in [4.78, 5) is 28.2. The van der Waals surface area contributed by atoms with E-state index in [2.05, 4.69) is 4.90 Å². The van der Waals surface area contributed by atoms with Crippen molar-refractivity contribution in [2.45, 2.75) is 51.4 Å². The molecule has 1 aromatic rings. The zero-order valence-corrected chi connectivity index (χ0v) is 15.5. The lowest BCUT2D eigenvalue weighted by Crippen LogP contribution is -2.55. The largest absolute Gasteiger partial charge is 0.342 e. The molecule has 4 aliphatic carbocycles. The van der Waals surface area contributed by atoms with Gasteiger partial charge >= 0.3 is 0 Å². The van der Waals surface area contributed by atoms with Gasteiger partial charge in [-0.2, -0.15) is 0 Å². The number of carbonyl (C=O) groups is 2. The highest BCUT2D eigenvalue weighted by Crippen LogP contribution is 2.60. The van der Waals surface area contributed by atoms with Crippen LogP contribution in [0.2, 0.25) is 0 Å². The fourth-order valence-corrected chi connectivity index (χ4v) is 6.89. The summed E-state index contributed by atoms with van der Waals surface area (Å²) < 4.78 is 0. The molecule has 4 bridgehead atoms. The predicted molar refractivity (Wildman–Crippen MR) is 101 cm³/mol. The van der Waals surface area contributed by atoms with E-state index in [-0.39, 0.29) is 17.1 Å². The fourth-order valence-electron chi connectivity index (χ4n) is 6.89. The fraction of sp³-hybridized carbons (Fsp3) is 0.652. The van der Waals surface area contributed by atoms with E-state index in [0.717, 1.165) is 68.5 Å². The van der Waals surface area contributed by atoms with E-state index in [1.54, 1.807) is 0 Å². The van der Waals surface area contributed by atoms with Crippen molar-refractivity contribution in [3.63, 3.8) is 0 Å². The summed E-state index contributed by atoms with van der Waals surface area (Å²) >= 11 is 0. The van der Waals surface area contributed by atoms with E-state index in [4.69, 9.17) is 0 Å². The van der Waals surface area contributed by atoms with Crippen LogP contribution >= 0.6 is 0 Å². The van der Waals surface area contributed by atoms with E-state index in [0.29, 0.717) is 5.91 Å². The highest BCUT2D eigenvalue weighted by atomic mass is 16.2. The van der Waals surface area contributed by atoms with Crippen LogP contribution in [0.3, 0.4) is 0 Å². The molecule has 0 aromatic heterocycles. The molecule has 0 atom stereocenters. The molecule has 1 heterocycles. The Morgan fingerprint density at radius 3 is 1.92 bits per heavy atom. The van der Waals surface area contributed by atoms with Gasteiger partial charge in [-0.15, -0.1) is 0 Å². The zero-order valence-electron chi connectivity index (χ0n) is 15.5. The molecule has 5 fully saturated rings. The third kappa shape index (κ3) is 2.71. The van der Waals surface area contributed by atoms with E-state index < -0.39 is 0 Å². The normalized spacial score (nSPS) is 36.3. The topological polar surface area (TPSA) is 37.4 Å². The van der Waals surface area contributed by atoms with Crippen LogP contribution in [-0.4, -0.2) is 29.7 Å². The minimum atomic E-state index is -0.0367. The van der Waals surface area contributed by atoms with Crippen molar-refractivity contribution in [2.75, 3.05) is 13.1 Å². The third-order valence-corrected chi connectivity index (χ3v) is 7.70. The van der Waals surface area contributed by atoms with Gasteiger partial charge in [0.25, 0.3) is 0 Å².